The Balaban J connectivity index is 2.03. The molecule has 102 valence electrons. The number of rotatable bonds is 9. The summed E-state index contributed by atoms with van der Waals surface area (Å²) >= 11 is 0. The largest absolute Gasteiger partial charge is 0.383 e. The fourth-order valence-corrected chi connectivity index (χ4v) is 2.17. The number of hydrogen-bond acceptors (Lipinski definition) is 4. The van der Waals surface area contributed by atoms with Crippen LogP contribution in [0.25, 0.3) is 0 Å². The second kappa shape index (κ2) is 9.83. The molecule has 1 aliphatic rings. The average Bonchev–Trinajstić information content (AvgIpc) is 2.37. The minimum Gasteiger partial charge on any atom is -0.383 e. The summed E-state index contributed by atoms with van der Waals surface area (Å²) in [5.74, 6) is 0. The smallest absolute Gasteiger partial charge is 0.0702 e. The molecule has 0 aromatic carbocycles. The van der Waals surface area contributed by atoms with Crippen molar-refractivity contribution in [3.63, 3.8) is 0 Å². The van der Waals surface area contributed by atoms with Crippen LogP contribution in [0.4, 0.5) is 0 Å². The lowest BCUT2D eigenvalue weighted by Gasteiger charge is -2.32. The zero-order valence-corrected chi connectivity index (χ0v) is 11.4. The number of nitrogens with zero attached hydrogens (tertiary/aromatic N) is 1. The van der Waals surface area contributed by atoms with Crippen LogP contribution >= 0.6 is 0 Å². The second-order valence-electron chi connectivity index (χ2n) is 4.68. The van der Waals surface area contributed by atoms with E-state index in [4.69, 9.17) is 9.47 Å². The highest BCUT2D eigenvalue weighted by Gasteiger charge is 2.19. The van der Waals surface area contributed by atoms with E-state index in [0.717, 1.165) is 45.8 Å². The Labute approximate surface area is 106 Å². The molecule has 4 heteroatoms. The zero-order valence-electron chi connectivity index (χ0n) is 11.4. The topological polar surface area (TPSA) is 33.7 Å². The van der Waals surface area contributed by atoms with Crippen LogP contribution in [0.5, 0.6) is 0 Å². The van der Waals surface area contributed by atoms with Gasteiger partial charge in [0.15, 0.2) is 0 Å². The lowest BCUT2D eigenvalue weighted by atomic mass is 10.1. The second-order valence-corrected chi connectivity index (χ2v) is 4.68. The third kappa shape index (κ3) is 6.99. The molecular formula is C13H28N2O2. The van der Waals surface area contributed by atoms with Gasteiger partial charge in [-0.05, 0) is 25.8 Å². The van der Waals surface area contributed by atoms with Gasteiger partial charge in [-0.15, -0.1) is 0 Å². The van der Waals surface area contributed by atoms with Gasteiger partial charge in [-0.1, -0.05) is 6.92 Å². The summed E-state index contributed by atoms with van der Waals surface area (Å²) in [6.45, 7) is 9.30. The van der Waals surface area contributed by atoms with E-state index < -0.39 is 0 Å². The molecule has 0 amide bonds. The summed E-state index contributed by atoms with van der Waals surface area (Å²) in [5, 5.41) is 3.38. The number of ether oxygens (including phenoxy) is 2. The van der Waals surface area contributed by atoms with Crippen molar-refractivity contribution in [1.82, 2.24) is 10.2 Å². The van der Waals surface area contributed by atoms with E-state index in [0.29, 0.717) is 6.10 Å². The van der Waals surface area contributed by atoms with Gasteiger partial charge in [0.2, 0.25) is 0 Å². The first-order valence-corrected chi connectivity index (χ1v) is 6.90. The molecule has 0 aliphatic carbocycles. The van der Waals surface area contributed by atoms with Gasteiger partial charge in [-0.25, -0.2) is 0 Å². The van der Waals surface area contributed by atoms with Crippen molar-refractivity contribution in [3.05, 3.63) is 0 Å². The number of methoxy groups -OCH3 is 1. The molecular weight excluding hydrogens is 216 g/mol. The predicted molar refractivity (Wildman–Crippen MR) is 70.5 cm³/mol. The van der Waals surface area contributed by atoms with Crippen molar-refractivity contribution in [2.24, 2.45) is 0 Å². The molecule has 0 aromatic rings. The minimum atomic E-state index is 0.461. The molecule has 0 radical (unpaired) electrons. The highest BCUT2D eigenvalue weighted by atomic mass is 16.5. The van der Waals surface area contributed by atoms with E-state index in [2.05, 4.69) is 17.1 Å². The van der Waals surface area contributed by atoms with E-state index in [1.807, 2.05) is 0 Å². The van der Waals surface area contributed by atoms with Crippen molar-refractivity contribution in [3.8, 4) is 0 Å². The third-order valence-electron chi connectivity index (χ3n) is 3.11. The molecule has 1 heterocycles. The molecule has 1 saturated heterocycles. The molecule has 1 atom stereocenters. The van der Waals surface area contributed by atoms with Crippen molar-refractivity contribution in [1.29, 1.82) is 0 Å². The SMILES string of the molecule is CCCOC1CCCN(CCNCCOC)C1. The monoisotopic (exact) mass is 244 g/mol. The molecule has 0 bridgehead atoms. The lowest BCUT2D eigenvalue weighted by molar-refractivity contribution is 0.000307. The highest BCUT2D eigenvalue weighted by molar-refractivity contribution is 4.73. The Morgan fingerprint density at radius 1 is 1.29 bits per heavy atom. The summed E-state index contributed by atoms with van der Waals surface area (Å²) in [5.41, 5.74) is 0. The Morgan fingerprint density at radius 2 is 2.18 bits per heavy atom. The minimum absolute atomic E-state index is 0.461. The molecule has 1 N–H and O–H groups in total. The van der Waals surface area contributed by atoms with Crippen LogP contribution in [0.3, 0.4) is 0 Å². The molecule has 0 spiro atoms. The number of piperidine rings is 1. The van der Waals surface area contributed by atoms with Gasteiger partial charge in [0.1, 0.15) is 0 Å². The first-order valence-electron chi connectivity index (χ1n) is 6.90. The molecule has 0 aromatic heterocycles. The molecule has 1 aliphatic heterocycles. The van der Waals surface area contributed by atoms with E-state index in [1.54, 1.807) is 7.11 Å². The lowest BCUT2D eigenvalue weighted by Crippen LogP contribution is -2.43. The van der Waals surface area contributed by atoms with Gasteiger partial charge in [0.25, 0.3) is 0 Å². The van der Waals surface area contributed by atoms with Crippen molar-refractivity contribution < 1.29 is 9.47 Å². The normalized spacial score (nSPS) is 21.9. The van der Waals surface area contributed by atoms with E-state index >= 15 is 0 Å². The highest BCUT2D eigenvalue weighted by Crippen LogP contribution is 2.12. The van der Waals surface area contributed by atoms with E-state index in [-0.39, 0.29) is 0 Å². The average molecular weight is 244 g/mol. The van der Waals surface area contributed by atoms with Gasteiger partial charge < -0.3 is 14.8 Å². The maximum Gasteiger partial charge on any atom is 0.0702 e. The standard InChI is InChI=1S/C13H28N2O2/c1-3-10-17-13-5-4-8-15(12-13)9-6-14-7-11-16-2/h13-14H,3-12H2,1-2H3. The van der Waals surface area contributed by atoms with E-state index in [1.165, 1.54) is 19.4 Å². The summed E-state index contributed by atoms with van der Waals surface area (Å²) in [7, 11) is 1.74. The van der Waals surface area contributed by atoms with Gasteiger partial charge in [-0.2, -0.15) is 0 Å². The van der Waals surface area contributed by atoms with Gasteiger partial charge in [0.05, 0.1) is 12.7 Å². The van der Waals surface area contributed by atoms with Crippen molar-refractivity contribution in [2.45, 2.75) is 32.3 Å². The molecule has 0 saturated carbocycles. The first kappa shape index (κ1) is 14.9. The summed E-state index contributed by atoms with van der Waals surface area (Å²) < 4.78 is 10.8. The predicted octanol–water partition coefficient (Wildman–Crippen LogP) is 1.11. The van der Waals surface area contributed by atoms with Crippen LogP contribution in [-0.2, 0) is 9.47 Å². The zero-order chi connectivity index (χ0) is 12.3. The molecule has 1 rings (SSSR count). The van der Waals surface area contributed by atoms with Crippen LogP contribution in [0.2, 0.25) is 0 Å². The summed E-state index contributed by atoms with van der Waals surface area (Å²) in [6.07, 6.45) is 4.08. The first-order chi connectivity index (χ1) is 8.36. The van der Waals surface area contributed by atoms with Gasteiger partial charge >= 0.3 is 0 Å². The molecule has 4 nitrogen and oxygen atoms in total. The number of likely N-dealkylation sites (tertiary alicyclic amines) is 1. The molecule has 1 fully saturated rings. The number of nitrogens with one attached hydrogen (secondary N) is 1. The quantitative estimate of drug-likeness (QED) is 0.616. The fraction of sp³-hybridized carbons (Fsp3) is 1.00. The Bertz CT molecular complexity index is 179. The molecule has 1 unspecified atom stereocenters. The van der Waals surface area contributed by atoms with Crippen molar-refractivity contribution >= 4 is 0 Å². The fourth-order valence-electron chi connectivity index (χ4n) is 2.17. The van der Waals surface area contributed by atoms with Crippen LogP contribution < -0.4 is 5.32 Å². The summed E-state index contributed by atoms with van der Waals surface area (Å²) in [6, 6.07) is 0. The van der Waals surface area contributed by atoms with Gasteiger partial charge in [0, 0.05) is 39.9 Å². The van der Waals surface area contributed by atoms with Crippen LogP contribution in [0, 0.1) is 0 Å². The third-order valence-corrected chi connectivity index (χ3v) is 3.11. The van der Waals surface area contributed by atoms with Crippen molar-refractivity contribution in [2.75, 3.05) is 53.0 Å². The van der Waals surface area contributed by atoms with Crippen LogP contribution in [-0.4, -0.2) is 64.1 Å². The Kier molecular flexibility index (Phi) is 8.61. The van der Waals surface area contributed by atoms with E-state index in [9.17, 15) is 0 Å². The van der Waals surface area contributed by atoms with Crippen LogP contribution in [0.15, 0.2) is 0 Å². The Morgan fingerprint density at radius 3 is 2.94 bits per heavy atom. The maximum atomic E-state index is 5.83. The number of hydrogen-bond donors (Lipinski definition) is 1. The van der Waals surface area contributed by atoms with Crippen LogP contribution in [0.1, 0.15) is 26.2 Å². The molecule has 17 heavy (non-hydrogen) atoms. The summed E-state index contributed by atoms with van der Waals surface area (Å²) in [4.78, 5) is 2.50. The maximum absolute atomic E-state index is 5.83. The Hall–Kier alpha value is -0.160. The van der Waals surface area contributed by atoms with Gasteiger partial charge in [-0.3, -0.25) is 4.90 Å².